The Morgan fingerprint density at radius 2 is 1.94 bits per heavy atom. The molecule has 0 aliphatic heterocycles. The molecule has 0 radical (unpaired) electrons. The minimum absolute atomic E-state index is 0.151. The van der Waals surface area contributed by atoms with Crippen LogP contribution >= 0.6 is 0 Å². The van der Waals surface area contributed by atoms with E-state index >= 15 is 0 Å². The molecule has 0 aliphatic rings. The van der Waals surface area contributed by atoms with Crippen LogP contribution in [0.2, 0.25) is 0 Å². The monoisotopic (exact) mass is 247 g/mol. The number of nitrogens with zero attached hydrogens (tertiary/aromatic N) is 3. The molecule has 2 aromatic heterocycles. The number of halogens is 3. The zero-order valence-electron chi connectivity index (χ0n) is 9.62. The molecule has 2 rings (SSSR count). The smallest absolute Gasteiger partial charge is 0.404 e. The molecule has 2 heterocycles. The fourth-order valence-electron chi connectivity index (χ4n) is 1.16. The molecule has 0 saturated heterocycles. The summed E-state index contributed by atoms with van der Waals surface area (Å²) in [5.74, 6) is -0.332. The van der Waals surface area contributed by atoms with Crippen LogP contribution in [0, 0.1) is 6.92 Å². The molecule has 0 amide bonds. The lowest BCUT2D eigenvalue weighted by Crippen LogP contribution is -2.18. The van der Waals surface area contributed by atoms with Gasteiger partial charge in [-0.3, -0.25) is 0 Å². The van der Waals surface area contributed by atoms with E-state index in [1.165, 1.54) is 23.7 Å². The molecule has 94 valence electrons. The lowest BCUT2D eigenvalue weighted by atomic mass is 10.4. The van der Waals surface area contributed by atoms with Crippen molar-refractivity contribution in [2.45, 2.75) is 27.1 Å². The summed E-state index contributed by atoms with van der Waals surface area (Å²) in [6, 6.07) is 1.19. The maximum Gasteiger partial charge on any atom is 0.573 e. The van der Waals surface area contributed by atoms with Crippen molar-refractivity contribution < 1.29 is 17.9 Å². The van der Waals surface area contributed by atoms with Crippen molar-refractivity contribution in [3.63, 3.8) is 0 Å². The first-order chi connectivity index (χ1) is 7.96. The van der Waals surface area contributed by atoms with Crippen LogP contribution in [-0.2, 0) is 0 Å². The maximum atomic E-state index is 12.0. The van der Waals surface area contributed by atoms with Gasteiger partial charge in [-0.05, 0) is 6.92 Å². The number of hydrogen-bond acceptors (Lipinski definition) is 3. The molecule has 0 atom stereocenters. The van der Waals surface area contributed by atoms with Gasteiger partial charge < -0.3 is 4.74 Å². The van der Waals surface area contributed by atoms with E-state index in [-0.39, 0.29) is 11.4 Å². The Morgan fingerprint density at radius 3 is 2.53 bits per heavy atom. The van der Waals surface area contributed by atoms with Crippen molar-refractivity contribution in [3.05, 3.63) is 24.2 Å². The van der Waals surface area contributed by atoms with Gasteiger partial charge in [0.1, 0.15) is 5.69 Å². The van der Waals surface area contributed by atoms with E-state index in [1.54, 1.807) is 6.20 Å². The molecular formula is C10H12F3N3O. The van der Waals surface area contributed by atoms with E-state index < -0.39 is 6.36 Å². The number of fused-ring (bicyclic) bond motifs is 1. The van der Waals surface area contributed by atoms with Crippen LogP contribution in [-0.4, -0.2) is 21.0 Å². The Bertz CT molecular complexity index is 493. The number of ether oxygens (including phenoxy) is 1. The van der Waals surface area contributed by atoms with Gasteiger partial charge in [0.05, 0.1) is 0 Å². The van der Waals surface area contributed by atoms with Gasteiger partial charge in [0.2, 0.25) is 0 Å². The predicted molar refractivity (Wildman–Crippen MR) is 55.8 cm³/mol. The second-order valence-corrected chi connectivity index (χ2v) is 2.87. The average molecular weight is 247 g/mol. The lowest BCUT2D eigenvalue weighted by molar-refractivity contribution is -0.275. The summed E-state index contributed by atoms with van der Waals surface area (Å²) in [7, 11) is 0. The number of alkyl halides is 3. The summed E-state index contributed by atoms with van der Waals surface area (Å²) in [6.07, 6.45) is -1.73. The van der Waals surface area contributed by atoms with Crippen LogP contribution in [0.15, 0.2) is 18.5 Å². The quantitative estimate of drug-likeness (QED) is 0.777. The lowest BCUT2D eigenvalue weighted by Gasteiger charge is -2.10. The topological polar surface area (TPSA) is 39.4 Å². The van der Waals surface area contributed by atoms with E-state index in [9.17, 15) is 13.2 Å². The van der Waals surface area contributed by atoms with Crippen molar-refractivity contribution >= 4 is 5.65 Å². The molecule has 0 spiro atoms. The second kappa shape index (κ2) is 5.03. The average Bonchev–Trinajstić information content (AvgIpc) is 2.66. The van der Waals surface area contributed by atoms with Gasteiger partial charge in [-0.15, -0.1) is 13.2 Å². The molecular weight excluding hydrogens is 235 g/mol. The summed E-state index contributed by atoms with van der Waals surface area (Å²) < 4.78 is 41.1. The van der Waals surface area contributed by atoms with Crippen LogP contribution in [0.4, 0.5) is 13.2 Å². The van der Waals surface area contributed by atoms with Gasteiger partial charge in [-0.2, -0.15) is 5.10 Å². The number of rotatable bonds is 1. The fraction of sp³-hybridized carbons (Fsp3) is 0.400. The van der Waals surface area contributed by atoms with Gasteiger partial charge in [-0.1, -0.05) is 13.8 Å². The highest BCUT2D eigenvalue weighted by atomic mass is 19.4. The fourth-order valence-corrected chi connectivity index (χ4v) is 1.16. The zero-order valence-corrected chi connectivity index (χ0v) is 9.62. The van der Waals surface area contributed by atoms with E-state index in [2.05, 4.69) is 14.8 Å². The molecule has 7 heteroatoms. The molecule has 17 heavy (non-hydrogen) atoms. The summed E-state index contributed by atoms with van der Waals surface area (Å²) in [4.78, 5) is 3.80. The van der Waals surface area contributed by atoms with E-state index in [1.807, 2.05) is 13.8 Å². The molecule has 0 bridgehead atoms. The summed E-state index contributed by atoms with van der Waals surface area (Å²) in [6.45, 7) is 5.43. The summed E-state index contributed by atoms with van der Waals surface area (Å²) in [5.41, 5.74) is 0.456. The van der Waals surface area contributed by atoms with E-state index in [4.69, 9.17) is 0 Å². The van der Waals surface area contributed by atoms with Gasteiger partial charge in [0.15, 0.2) is 11.4 Å². The van der Waals surface area contributed by atoms with Gasteiger partial charge in [-0.25, -0.2) is 9.50 Å². The normalized spacial score (nSPS) is 10.9. The van der Waals surface area contributed by atoms with Crippen LogP contribution < -0.4 is 4.74 Å². The third-order valence-electron chi connectivity index (χ3n) is 1.75. The number of hydrogen-bond donors (Lipinski definition) is 0. The third-order valence-corrected chi connectivity index (χ3v) is 1.75. The SMILES string of the molecule is CC.Cc1nn2ccnc2cc1OC(F)(F)F. The first kappa shape index (κ1) is 13.3. The predicted octanol–water partition coefficient (Wildman–Crippen LogP) is 2.96. The molecule has 0 unspecified atom stereocenters. The molecule has 4 nitrogen and oxygen atoms in total. The Labute approximate surface area is 96.0 Å². The van der Waals surface area contributed by atoms with Crippen molar-refractivity contribution in [1.29, 1.82) is 0 Å². The molecule has 0 saturated carbocycles. The van der Waals surface area contributed by atoms with E-state index in [0.29, 0.717) is 5.65 Å². The standard InChI is InChI=1S/C8H6F3N3O.C2H6/c1-5-6(15-8(9,10)11)4-7-12-2-3-14(7)13-5;1-2/h2-4H,1H3;1-2H3. The van der Waals surface area contributed by atoms with Crippen molar-refractivity contribution in [2.24, 2.45) is 0 Å². The Hall–Kier alpha value is -1.79. The number of imidazole rings is 1. The first-order valence-corrected chi connectivity index (χ1v) is 5.02. The highest BCUT2D eigenvalue weighted by Crippen LogP contribution is 2.25. The summed E-state index contributed by atoms with van der Waals surface area (Å²) >= 11 is 0. The zero-order chi connectivity index (χ0) is 13.1. The largest absolute Gasteiger partial charge is 0.573 e. The molecule has 0 aromatic carbocycles. The Kier molecular flexibility index (Phi) is 3.93. The highest BCUT2D eigenvalue weighted by molar-refractivity contribution is 5.44. The van der Waals surface area contributed by atoms with Crippen LogP contribution in [0.5, 0.6) is 5.75 Å². The van der Waals surface area contributed by atoms with Gasteiger partial charge in [0, 0.05) is 18.5 Å². The third kappa shape index (κ3) is 3.33. The molecule has 0 aliphatic carbocycles. The van der Waals surface area contributed by atoms with Crippen LogP contribution in [0.25, 0.3) is 5.65 Å². The molecule has 0 N–H and O–H groups in total. The first-order valence-electron chi connectivity index (χ1n) is 5.02. The molecule has 0 fully saturated rings. The number of aryl methyl sites for hydroxylation is 1. The van der Waals surface area contributed by atoms with Crippen molar-refractivity contribution in [3.8, 4) is 5.75 Å². The Morgan fingerprint density at radius 1 is 1.29 bits per heavy atom. The van der Waals surface area contributed by atoms with Crippen LogP contribution in [0.3, 0.4) is 0 Å². The highest BCUT2D eigenvalue weighted by Gasteiger charge is 2.32. The maximum absolute atomic E-state index is 12.0. The number of aromatic nitrogens is 3. The minimum atomic E-state index is -4.71. The molecule has 2 aromatic rings. The van der Waals surface area contributed by atoms with E-state index in [0.717, 1.165) is 0 Å². The summed E-state index contributed by atoms with van der Waals surface area (Å²) in [5, 5.41) is 3.85. The van der Waals surface area contributed by atoms with Crippen LogP contribution in [0.1, 0.15) is 19.5 Å². The minimum Gasteiger partial charge on any atom is -0.404 e. The van der Waals surface area contributed by atoms with Gasteiger partial charge in [0.25, 0.3) is 0 Å². The van der Waals surface area contributed by atoms with Crippen molar-refractivity contribution in [2.75, 3.05) is 0 Å². The second-order valence-electron chi connectivity index (χ2n) is 2.87. The van der Waals surface area contributed by atoms with Gasteiger partial charge >= 0.3 is 6.36 Å². The Balaban J connectivity index is 0.000000686. The van der Waals surface area contributed by atoms with Crippen molar-refractivity contribution in [1.82, 2.24) is 14.6 Å².